The largest absolute Gasteiger partial charge is 0.456 e. The molecule has 0 fully saturated rings. The van der Waals surface area contributed by atoms with Crippen molar-refractivity contribution in [2.75, 3.05) is 30.8 Å². The molecule has 0 saturated heterocycles. The predicted octanol–water partition coefficient (Wildman–Crippen LogP) is 3.97. The summed E-state index contributed by atoms with van der Waals surface area (Å²) >= 11 is 1.40. The van der Waals surface area contributed by atoms with Crippen LogP contribution in [0.25, 0.3) is 0 Å². The van der Waals surface area contributed by atoms with Crippen molar-refractivity contribution in [2.45, 2.75) is 25.2 Å². The first-order valence-electron chi connectivity index (χ1n) is 9.66. The molecule has 0 saturated carbocycles. The molecule has 2 amide bonds. The lowest BCUT2D eigenvalue weighted by molar-refractivity contribution is -0.146. The zero-order valence-electron chi connectivity index (χ0n) is 17.0. The minimum atomic E-state index is -0.495. The number of carbonyl (C=O) groups is 3. The van der Waals surface area contributed by atoms with Crippen LogP contribution in [0.1, 0.15) is 30.6 Å². The molecule has 0 aliphatic heterocycles. The quantitative estimate of drug-likeness (QED) is 0.454. The first kappa shape index (κ1) is 23.4. The summed E-state index contributed by atoms with van der Waals surface area (Å²) in [7, 11) is 0. The smallest absolute Gasteiger partial charge is 0.307 e. The van der Waals surface area contributed by atoms with E-state index in [1.54, 1.807) is 41.3 Å². The van der Waals surface area contributed by atoms with Crippen molar-refractivity contribution in [3.05, 3.63) is 59.9 Å². The molecule has 0 radical (unpaired) electrons. The second-order valence-electron chi connectivity index (χ2n) is 6.32. The Hall–Kier alpha value is -2.87. The molecule has 1 N–H and O–H groups in total. The number of rotatable bonds is 10. The molecule has 2 aromatic carbocycles. The van der Waals surface area contributed by atoms with E-state index in [0.29, 0.717) is 30.1 Å². The summed E-state index contributed by atoms with van der Waals surface area (Å²) in [6, 6.07) is 12.6. The summed E-state index contributed by atoms with van der Waals surface area (Å²) in [6.45, 7) is 4.59. The van der Waals surface area contributed by atoms with Gasteiger partial charge >= 0.3 is 5.97 Å². The predicted molar refractivity (Wildman–Crippen MR) is 115 cm³/mol. The van der Waals surface area contributed by atoms with Crippen molar-refractivity contribution < 1.29 is 23.5 Å². The molecule has 0 spiro atoms. The second-order valence-corrected chi connectivity index (χ2v) is 7.49. The monoisotopic (exact) mass is 432 g/mol. The topological polar surface area (TPSA) is 75.7 Å². The average Bonchev–Trinajstić information content (AvgIpc) is 2.74. The number of halogens is 1. The number of anilines is 1. The lowest BCUT2D eigenvalue weighted by atomic mass is 10.1. The van der Waals surface area contributed by atoms with E-state index in [0.717, 1.165) is 4.90 Å². The van der Waals surface area contributed by atoms with E-state index in [2.05, 4.69) is 5.32 Å². The van der Waals surface area contributed by atoms with Gasteiger partial charge in [-0.25, -0.2) is 4.39 Å². The van der Waals surface area contributed by atoms with Gasteiger partial charge in [0.2, 0.25) is 0 Å². The van der Waals surface area contributed by atoms with Gasteiger partial charge in [0, 0.05) is 35.0 Å². The van der Waals surface area contributed by atoms with Gasteiger partial charge in [-0.05, 0) is 56.3 Å². The maximum absolute atomic E-state index is 12.9. The van der Waals surface area contributed by atoms with Crippen molar-refractivity contribution in [3.8, 4) is 0 Å². The first-order chi connectivity index (χ1) is 14.4. The van der Waals surface area contributed by atoms with Crippen LogP contribution in [-0.2, 0) is 14.3 Å². The molecule has 160 valence electrons. The van der Waals surface area contributed by atoms with Gasteiger partial charge in [-0.3, -0.25) is 14.4 Å². The van der Waals surface area contributed by atoms with E-state index in [9.17, 15) is 18.8 Å². The molecule has 6 nitrogen and oxygen atoms in total. The molecule has 0 heterocycles. The zero-order chi connectivity index (χ0) is 21.9. The van der Waals surface area contributed by atoms with Gasteiger partial charge < -0.3 is 15.0 Å². The summed E-state index contributed by atoms with van der Waals surface area (Å²) in [6.07, 6.45) is 0.128. The van der Waals surface area contributed by atoms with Gasteiger partial charge in [0.1, 0.15) is 5.82 Å². The van der Waals surface area contributed by atoms with Gasteiger partial charge in [-0.2, -0.15) is 0 Å². The van der Waals surface area contributed by atoms with Crippen LogP contribution in [0.3, 0.4) is 0 Å². The van der Waals surface area contributed by atoms with E-state index in [-0.39, 0.29) is 18.1 Å². The maximum Gasteiger partial charge on any atom is 0.307 e. The number of esters is 1. The molecule has 0 atom stereocenters. The molecule has 0 unspecified atom stereocenters. The fourth-order valence-corrected chi connectivity index (χ4v) is 3.45. The number of nitrogens with zero attached hydrogens (tertiary/aromatic N) is 1. The number of amides is 2. The Balaban J connectivity index is 1.76. The molecule has 2 rings (SSSR count). The van der Waals surface area contributed by atoms with E-state index in [4.69, 9.17) is 4.74 Å². The van der Waals surface area contributed by atoms with Crippen LogP contribution in [0.2, 0.25) is 0 Å². The van der Waals surface area contributed by atoms with Gasteiger partial charge in [-0.15, -0.1) is 11.8 Å². The lowest BCUT2D eigenvalue weighted by Gasteiger charge is -2.19. The number of hydrogen-bond donors (Lipinski definition) is 1. The van der Waals surface area contributed by atoms with Gasteiger partial charge in [0.15, 0.2) is 6.61 Å². The minimum absolute atomic E-state index is 0.110. The van der Waals surface area contributed by atoms with Crippen LogP contribution in [0, 0.1) is 5.82 Å². The van der Waals surface area contributed by atoms with Gasteiger partial charge in [0.05, 0.1) is 6.42 Å². The SMILES string of the molecule is CCN(CC)C(=O)c1cccc(NC(=O)COC(=O)CCSc2ccc(F)cc2)c1. The third kappa shape index (κ3) is 7.51. The zero-order valence-corrected chi connectivity index (χ0v) is 17.8. The van der Waals surface area contributed by atoms with E-state index in [1.807, 2.05) is 13.8 Å². The fourth-order valence-electron chi connectivity index (χ4n) is 2.62. The van der Waals surface area contributed by atoms with E-state index < -0.39 is 18.5 Å². The Bertz CT molecular complexity index is 870. The molecule has 2 aromatic rings. The van der Waals surface area contributed by atoms with Crippen LogP contribution < -0.4 is 5.32 Å². The van der Waals surface area contributed by atoms with Gasteiger partial charge in [-0.1, -0.05) is 6.07 Å². The Morgan fingerprint density at radius 2 is 1.77 bits per heavy atom. The second kappa shape index (κ2) is 12.0. The Kier molecular flexibility index (Phi) is 9.34. The Labute approximate surface area is 179 Å². The van der Waals surface area contributed by atoms with Crippen molar-refractivity contribution in [1.82, 2.24) is 4.90 Å². The van der Waals surface area contributed by atoms with Crippen molar-refractivity contribution in [1.29, 1.82) is 0 Å². The standard InChI is InChI=1S/C22H25FN2O4S/c1-3-25(4-2)22(28)16-6-5-7-18(14-16)24-20(26)15-29-21(27)12-13-30-19-10-8-17(23)9-11-19/h5-11,14H,3-4,12-13,15H2,1-2H3,(H,24,26). The van der Waals surface area contributed by atoms with Crippen molar-refractivity contribution in [2.24, 2.45) is 0 Å². The van der Waals surface area contributed by atoms with E-state index >= 15 is 0 Å². The molecule has 30 heavy (non-hydrogen) atoms. The number of carbonyl (C=O) groups excluding carboxylic acids is 3. The third-order valence-electron chi connectivity index (χ3n) is 4.20. The number of benzene rings is 2. The third-order valence-corrected chi connectivity index (χ3v) is 5.21. The van der Waals surface area contributed by atoms with Crippen LogP contribution in [0.15, 0.2) is 53.4 Å². The first-order valence-corrected chi connectivity index (χ1v) is 10.6. The molecule has 0 aromatic heterocycles. The summed E-state index contributed by atoms with van der Waals surface area (Å²) in [5.41, 5.74) is 0.937. The fraction of sp³-hybridized carbons (Fsp3) is 0.318. The summed E-state index contributed by atoms with van der Waals surface area (Å²) < 4.78 is 17.8. The molecular weight excluding hydrogens is 407 g/mol. The molecule has 0 aliphatic rings. The maximum atomic E-state index is 12.9. The highest BCUT2D eigenvalue weighted by Crippen LogP contribution is 2.19. The molecule has 0 aliphatic carbocycles. The van der Waals surface area contributed by atoms with Crippen LogP contribution in [-0.4, -0.2) is 48.1 Å². The Morgan fingerprint density at radius 3 is 2.43 bits per heavy atom. The molecular formula is C22H25FN2O4S. The minimum Gasteiger partial charge on any atom is -0.456 e. The van der Waals surface area contributed by atoms with Gasteiger partial charge in [0.25, 0.3) is 11.8 Å². The molecule has 0 bridgehead atoms. The number of thioether (sulfide) groups is 1. The van der Waals surface area contributed by atoms with Crippen LogP contribution in [0.5, 0.6) is 0 Å². The molecule has 8 heteroatoms. The summed E-state index contributed by atoms with van der Waals surface area (Å²) in [4.78, 5) is 38.8. The summed E-state index contributed by atoms with van der Waals surface area (Å²) in [5, 5.41) is 2.63. The highest BCUT2D eigenvalue weighted by molar-refractivity contribution is 7.99. The number of ether oxygens (including phenoxy) is 1. The Morgan fingerprint density at radius 1 is 1.07 bits per heavy atom. The normalized spacial score (nSPS) is 10.4. The van der Waals surface area contributed by atoms with Crippen LogP contribution in [0.4, 0.5) is 10.1 Å². The summed E-state index contributed by atoms with van der Waals surface area (Å²) in [5.74, 6) is -0.942. The van der Waals surface area contributed by atoms with Crippen molar-refractivity contribution in [3.63, 3.8) is 0 Å². The number of hydrogen-bond acceptors (Lipinski definition) is 5. The highest BCUT2D eigenvalue weighted by atomic mass is 32.2. The van der Waals surface area contributed by atoms with Crippen LogP contribution >= 0.6 is 11.8 Å². The van der Waals surface area contributed by atoms with Crippen molar-refractivity contribution >= 4 is 35.2 Å². The highest BCUT2D eigenvalue weighted by Gasteiger charge is 2.14. The average molecular weight is 433 g/mol. The lowest BCUT2D eigenvalue weighted by Crippen LogP contribution is -2.30. The van der Waals surface area contributed by atoms with E-state index in [1.165, 1.54) is 23.9 Å². The number of nitrogens with one attached hydrogen (secondary N) is 1.